The quantitative estimate of drug-likeness (QED) is 0.930. The molecular formula is C13H19BrN2S. The Labute approximate surface area is 116 Å². The van der Waals surface area contributed by atoms with Crippen molar-refractivity contribution < 1.29 is 0 Å². The summed E-state index contributed by atoms with van der Waals surface area (Å²) in [5, 5.41) is 0. The fourth-order valence-corrected chi connectivity index (χ4v) is 3.98. The fourth-order valence-electron chi connectivity index (χ4n) is 2.39. The highest BCUT2D eigenvalue weighted by Gasteiger charge is 2.27. The van der Waals surface area contributed by atoms with Crippen LogP contribution in [0, 0.1) is 0 Å². The summed E-state index contributed by atoms with van der Waals surface area (Å²) in [6.07, 6.45) is 0. The summed E-state index contributed by atoms with van der Waals surface area (Å²) < 4.78 is 1.17. The molecule has 0 amide bonds. The highest BCUT2D eigenvalue weighted by atomic mass is 79.9. The SMILES string of the molecule is CC1CSCCN1C(CN)c1ccccc1Br. The number of rotatable bonds is 3. The molecule has 4 heteroatoms. The monoisotopic (exact) mass is 314 g/mol. The Kier molecular flexibility index (Phi) is 4.91. The smallest absolute Gasteiger partial charge is 0.0485 e. The second-order valence-electron chi connectivity index (χ2n) is 4.43. The minimum Gasteiger partial charge on any atom is -0.329 e. The van der Waals surface area contributed by atoms with Crippen molar-refractivity contribution in [3.8, 4) is 0 Å². The average molecular weight is 315 g/mol. The van der Waals surface area contributed by atoms with Gasteiger partial charge in [0.05, 0.1) is 0 Å². The minimum absolute atomic E-state index is 0.335. The standard InChI is InChI=1S/C13H19BrN2S/c1-10-9-17-7-6-16(10)13(8-15)11-4-2-3-5-12(11)14/h2-5,10,13H,6-9,15H2,1H3. The summed E-state index contributed by atoms with van der Waals surface area (Å²) in [6.45, 7) is 4.11. The van der Waals surface area contributed by atoms with Gasteiger partial charge in [0.25, 0.3) is 0 Å². The summed E-state index contributed by atoms with van der Waals surface area (Å²) in [6, 6.07) is 9.36. The number of benzene rings is 1. The maximum Gasteiger partial charge on any atom is 0.0485 e. The largest absolute Gasteiger partial charge is 0.329 e. The molecule has 1 heterocycles. The number of nitrogens with zero attached hydrogens (tertiary/aromatic N) is 1. The molecule has 0 saturated carbocycles. The van der Waals surface area contributed by atoms with Gasteiger partial charge in [0.1, 0.15) is 0 Å². The van der Waals surface area contributed by atoms with E-state index in [-0.39, 0.29) is 0 Å². The predicted octanol–water partition coefficient (Wildman–Crippen LogP) is 2.89. The van der Waals surface area contributed by atoms with Crippen LogP contribution in [-0.4, -0.2) is 35.5 Å². The van der Waals surface area contributed by atoms with Crippen LogP contribution in [0.15, 0.2) is 28.7 Å². The van der Waals surface area contributed by atoms with E-state index < -0.39 is 0 Å². The number of hydrogen-bond acceptors (Lipinski definition) is 3. The molecule has 2 unspecified atom stereocenters. The van der Waals surface area contributed by atoms with Gasteiger partial charge in [0.15, 0.2) is 0 Å². The van der Waals surface area contributed by atoms with E-state index in [4.69, 9.17) is 5.73 Å². The first kappa shape index (κ1) is 13.4. The van der Waals surface area contributed by atoms with Crippen molar-refractivity contribution in [3.05, 3.63) is 34.3 Å². The fraction of sp³-hybridized carbons (Fsp3) is 0.538. The Morgan fingerprint density at radius 2 is 2.29 bits per heavy atom. The lowest BCUT2D eigenvalue weighted by atomic mass is 10.0. The van der Waals surface area contributed by atoms with E-state index in [1.54, 1.807) is 0 Å². The van der Waals surface area contributed by atoms with Gasteiger partial charge in [0, 0.05) is 41.2 Å². The topological polar surface area (TPSA) is 29.3 Å². The van der Waals surface area contributed by atoms with Crippen molar-refractivity contribution in [2.24, 2.45) is 5.73 Å². The first-order valence-corrected chi connectivity index (χ1v) is 7.96. The molecule has 94 valence electrons. The van der Waals surface area contributed by atoms with Crippen molar-refractivity contribution in [1.82, 2.24) is 4.90 Å². The molecule has 17 heavy (non-hydrogen) atoms. The molecule has 1 aromatic carbocycles. The Morgan fingerprint density at radius 3 is 2.94 bits per heavy atom. The van der Waals surface area contributed by atoms with Crippen LogP contribution in [0.2, 0.25) is 0 Å². The summed E-state index contributed by atoms with van der Waals surface area (Å²) in [5.41, 5.74) is 7.31. The first-order valence-electron chi connectivity index (χ1n) is 6.02. The van der Waals surface area contributed by atoms with E-state index in [2.05, 4.69) is 52.0 Å². The lowest BCUT2D eigenvalue weighted by Crippen LogP contribution is -2.45. The van der Waals surface area contributed by atoms with Gasteiger partial charge in [-0.1, -0.05) is 34.1 Å². The van der Waals surface area contributed by atoms with Crippen LogP contribution in [-0.2, 0) is 0 Å². The molecule has 0 radical (unpaired) electrons. The van der Waals surface area contributed by atoms with Crippen molar-refractivity contribution in [2.45, 2.75) is 19.0 Å². The lowest BCUT2D eigenvalue weighted by Gasteiger charge is -2.39. The normalized spacial score (nSPS) is 23.6. The molecular weight excluding hydrogens is 296 g/mol. The summed E-state index contributed by atoms with van der Waals surface area (Å²) >= 11 is 5.68. The molecule has 1 aliphatic rings. The maximum atomic E-state index is 6.00. The van der Waals surface area contributed by atoms with E-state index >= 15 is 0 Å². The van der Waals surface area contributed by atoms with Crippen molar-refractivity contribution in [2.75, 3.05) is 24.6 Å². The zero-order chi connectivity index (χ0) is 12.3. The van der Waals surface area contributed by atoms with Gasteiger partial charge in [-0.2, -0.15) is 11.8 Å². The minimum atomic E-state index is 0.335. The molecule has 2 nitrogen and oxygen atoms in total. The Morgan fingerprint density at radius 1 is 1.53 bits per heavy atom. The molecule has 2 atom stereocenters. The molecule has 2 rings (SSSR count). The Balaban J connectivity index is 2.23. The zero-order valence-electron chi connectivity index (χ0n) is 10.1. The molecule has 0 aromatic heterocycles. The average Bonchev–Trinajstić information content (AvgIpc) is 2.34. The molecule has 2 N–H and O–H groups in total. The Bertz CT molecular complexity index is 372. The summed E-state index contributed by atoms with van der Waals surface area (Å²) in [4.78, 5) is 2.54. The van der Waals surface area contributed by atoms with Crippen LogP contribution in [0.4, 0.5) is 0 Å². The second-order valence-corrected chi connectivity index (χ2v) is 6.44. The zero-order valence-corrected chi connectivity index (χ0v) is 12.5. The van der Waals surface area contributed by atoms with Crippen molar-refractivity contribution in [3.63, 3.8) is 0 Å². The molecule has 1 aliphatic heterocycles. The summed E-state index contributed by atoms with van der Waals surface area (Å²) in [5.74, 6) is 2.42. The number of halogens is 1. The van der Waals surface area contributed by atoms with Crippen LogP contribution in [0.5, 0.6) is 0 Å². The van der Waals surface area contributed by atoms with Crippen molar-refractivity contribution in [1.29, 1.82) is 0 Å². The lowest BCUT2D eigenvalue weighted by molar-refractivity contribution is 0.165. The molecule has 1 fully saturated rings. The van der Waals surface area contributed by atoms with Gasteiger partial charge in [-0.3, -0.25) is 4.90 Å². The second kappa shape index (κ2) is 6.23. The van der Waals surface area contributed by atoms with Crippen LogP contribution in [0.25, 0.3) is 0 Å². The molecule has 0 aliphatic carbocycles. The third kappa shape index (κ3) is 3.05. The Hall–Kier alpha value is -0.0300. The predicted molar refractivity (Wildman–Crippen MR) is 79.4 cm³/mol. The third-order valence-corrected chi connectivity index (χ3v) is 5.22. The van der Waals surface area contributed by atoms with Gasteiger partial charge in [-0.15, -0.1) is 0 Å². The first-order chi connectivity index (χ1) is 8.24. The maximum absolute atomic E-state index is 6.00. The highest BCUT2D eigenvalue weighted by Crippen LogP contribution is 2.31. The molecule has 0 bridgehead atoms. The molecule has 1 aromatic rings. The van der Waals surface area contributed by atoms with Gasteiger partial charge in [-0.25, -0.2) is 0 Å². The van der Waals surface area contributed by atoms with E-state index in [0.717, 1.165) is 6.54 Å². The van der Waals surface area contributed by atoms with Crippen molar-refractivity contribution >= 4 is 27.7 Å². The van der Waals surface area contributed by atoms with Crippen LogP contribution in [0.3, 0.4) is 0 Å². The van der Waals surface area contributed by atoms with E-state index in [9.17, 15) is 0 Å². The number of nitrogens with two attached hydrogens (primary N) is 1. The van der Waals surface area contributed by atoms with E-state index in [1.807, 2.05) is 11.8 Å². The van der Waals surface area contributed by atoms with Crippen LogP contribution >= 0.6 is 27.7 Å². The van der Waals surface area contributed by atoms with Gasteiger partial charge >= 0.3 is 0 Å². The molecule has 1 saturated heterocycles. The van der Waals surface area contributed by atoms with Gasteiger partial charge in [-0.05, 0) is 18.6 Å². The van der Waals surface area contributed by atoms with Gasteiger partial charge < -0.3 is 5.73 Å². The summed E-state index contributed by atoms with van der Waals surface area (Å²) in [7, 11) is 0. The molecule has 0 spiro atoms. The number of thioether (sulfide) groups is 1. The highest BCUT2D eigenvalue weighted by molar-refractivity contribution is 9.10. The third-order valence-electron chi connectivity index (χ3n) is 3.31. The van der Waals surface area contributed by atoms with Gasteiger partial charge in [0.2, 0.25) is 0 Å². The van der Waals surface area contributed by atoms with E-state index in [0.29, 0.717) is 18.6 Å². The van der Waals surface area contributed by atoms with Crippen LogP contribution in [0.1, 0.15) is 18.5 Å². The van der Waals surface area contributed by atoms with E-state index in [1.165, 1.54) is 21.5 Å². The number of hydrogen-bond donors (Lipinski definition) is 1. The van der Waals surface area contributed by atoms with Crippen LogP contribution < -0.4 is 5.73 Å².